The highest BCUT2D eigenvalue weighted by Crippen LogP contribution is 2.40. The molecule has 6 aromatic rings. The summed E-state index contributed by atoms with van der Waals surface area (Å²) in [7, 11) is 1.91. The topological polar surface area (TPSA) is 60.2 Å². The van der Waals surface area contributed by atoms with Crippen molar-refractivity contribution in [2.24, 2.45) is 0 Å². The van der Waals surface area contributed by atoms with E-state index in [0.717, 1.165) is 55.9 Å². The van der Waals surface area contributed by atoms with Crippen molar-refractivity contribution < 1.29 is 5.11 Å². The monoisotopic (exact) mass is 631 g/mol. The van der Waals surface area contributed by atoms with E-state index in [-0.39, 0.29) is 22.4 Å². The van der Waals surface area contributed by atoms with E-state index in [2.05, 4.69) is 139 Å². The molecule has 0 atom stereocenters. The van der Waals surface area contributed by atoms with Crippen molar-refractivity contribution in [1.82, 2.24) is 4.98 Å². The van der Waals surface area contributed by atoms with Gasteiger partial charge in [-0.25, -0.2) is 0 Å². The summed E-state index contributed by atoms with van der Waals surface area (Å²) in [6.45, 7) is 14.9. The van der Waals surface area contributed by atoms with Gasteiger partial charge >= 0.3 is 0 Å². The summed E-state index contributed by atoms with van der Waals surface area (Å²) in [5.74, 6) is 0.431. The van der Waals surface area contributed by atoms with Crippen LogP contribution in [0.4, 0.5) is 5.69 Å². The Morgan fingerprint density at radius 2 is 1.35 bits per heavy atom. The Morgan fingerprint density at radius 1 is 0.667 bits per heavy atom. The zero-order chi connectivity index (χ0) is 34.4. The first-order chi connectivity index (χ1) is 22.7. The molecule has 0 spiro atoms. The van der Waals surface area contributed by atoms with E-state index in [9.17, 15) is 10.5 Å². The van der Waals surface area contributed by atoms with Crippen LogP contribution in [-0.4, -0.2) is 23.0 Å². The van der Waals surface area contributed by atoms with Crippen molar-refractivity contribution in [3.05, 3.63) is 138 Å². The Balaban J connectivity index is 1.35. The van der Waals surface area contributed by atoms with Crippen LogP contribution in [0.25, 0.3) is 44.3 Å². The molecule has 6 rings (SSSR count). The summed E-state index contributed by atoms with van der Waals surface area (Å²) in [4.78, 5) is 6.63. The van der Waals surface area contributed by atoms with E-state index in [1.807, 2.05) is 36.3 Å². The molecule has 48 heavy (non-hydrogen) atoms. The first-order valence-electron chi connectivity index (χ1n) is 16.6. The number of hydrogen-bond acceptors (Lipinski definition) is 3. The van der Waals surface area contributed by atoms with Crippen molar-refractivity contribution >= 4 is 22.3 Å². The molecule has 0 saturated heterocycles. The molecule has 0 saturated carbocycles. The Morgan fingerprint density at radius 3 is 2.08 bits per heavy atom. The molecule has 0 aliphatic rings. The normalized spacial score (nSPS) is 11.9. The number of aromatic hydroxyl groups is 1. The molecule has 242 valence electrons. The van der Waals surface area contributed by atoms with Gasteiger partial charge in [0.05, 0.1) is 11.3 Å². The van der Waals surface area contributed by atoms with Gasteiger partial charge in [-0.1, -0.05) is 114 Å². The van der Waals surface area contributed by atoms with Crippen molar-refractivity contribution in [3.63, 3.8) is 0 Å². The lowest BCUT2D eigenvalue weighted by Gasteiger charge is -2.30. The Bertz CT molecular complexity index is 2160. The maximum Gasteiger partial charge on any atom is 0.136 e. The van der Waals surface area contributed by atoms with E-state index >= 15 is 0 Å². The summed E-state index contributed by atoms with van der Waals surface area (Å²) in [6.07, 6.45) is 1.88. The van der Waals surface area contributed by atoms with Gasteiger partial charge in [-0.05, 0) is 98.3 Å². The van der Waals surface area contributed by atoms with Gasteiger partial charge in [-0.3, -0.25) is 10.4 Å². The average Bonchev–Trinajstić information content (AvgIpc) is 3.06. The third-order valence-electron chi connectivity index (χ3n) is 9.35. The molecule has 0 amide bonds. The lowest BCUT2D eigenvalue weighted by Crippen LogP contribution is -2.28. The van der Waals surface area contributed by atoms with Gasteiger partial charge in [0.25, 0.3) is 0 Å². The van der Waals surface area contributed by atoms with Crippen LogP contribution in [0.15, 0.2) is 115 Å². The second kappa shape index (κ2) is 12.4. The number of aromatic nitrogens is 1. The minimum atomic E-state index is -0.274. The summed E-state index contributed by atoms with van der Waals surface area (Å²) in [5.41, 5.74) is 10.5. The lowest BCUT2D eigenvalue weighted by atomic mass is 9.78. The number of fused-ring (bicyclic) bond motifs is 1. The summed E-state index contributed by atoms with van der Waals surface area (Å²) >= 11 is 0. The van der Waals surface area contributed by atoms with E-state index < -0.39 is 0 Å². The van der Waals surface area contributed by atoms with Gasteiger partial charge in [0.1, 0.15) is 11.6 Å². The number of hydrogen-bond donors (Lipinski definition) is 2. The number of benzene rings is 5. The number of phenolic OH excluding ortho intramolecular Hbond substituents is 1. The predicted molar refractivity (Wildman–Crippen MR) is 204 cm³/mol. The highest BCUT2D eigenvalue weighted by molar-refractivity contribution is 6.10. The molecular weight excluding hydrogens is 587 g/mol. The van der Waals surface area contributed by atoms with Crippen LogP contribution in [0.5, 0.6) is 5.75 Å². The highest BCUT2D eigenvalue weighted by atomic mass is 16.3. The van der Waals surface area contributed by atoms with E-state index in [0.29, 0.717) is 5.56 Å². The van der Waals surface area contributed by atoms with Crippen molar-refractivity contribution in [2.45, 2.75) is 59.3 Å². The molecule has 0 unspecified atom stereocenters. The molecule has 1 heterocycles. The average molecular weight is 632 g/mol. The van der Waals surface area contributed by atoms with Gasteiger partial charge in [-0.2, -0.15) is 0 Å². The van der Waals surface area contributed by atoms with Crippen LogP contribution in [0.1, 0.15) is 63.8 Å². The van der Waals surface area contributed by atoms with Crippen LogP contribution < -0.4 is 4.90 Å². The zero-order valence-corrected chi connectivity index (χ0v) is 29.3. The van der Waals surface area contributed by atoms with Gasteiger partial charge in [-0.15, -0.1) is 0 Å². The van der Waals surface area contributed by atoms with Crippen molar-refractivity contribution in [2.75, 3.05) is 11.9 Å². The minimum Gasteiger partial charge on any atom is -0.507 e. The molecule has 0 aliphatic heterocycles. The fraction of sp³-hybridized carbons (Fsp3) is 0.227. The summed E-state index contributed by atoms with van der Waals surface area (Å²) in [6, 6.07) is 38.0. The molecule has 0 bridgehead atoms. The molecule has 0 fully saturated rings. The maximum atomic E-state index is 11.5. The fourth-order valence-corrected chi connectivity index (χ4v) is 6.40. The van der Waals surface area contributed by atoms with Crippen LogP contribution >= 0.6 is 0 Å². The number of anilines is 1. The molecule has 0 radical (unpaired) electrons. The van der Waals surface area contributed by atoms with Gasteiger partial charge in [0.15, 0.2) is 0 Å². The first kappa shape index (κ1) is 32.7. The standard InChI is InChI=1S/C44H45N3O/c1-28-36(17-12-18-40(28)47(8)42(45)37-26-35(43(2,3)4)27-38(41(37)48)44(5,6)7)33-15-11-16-34(24-33)39-25-32(21-22-46-39)31-20-19-29-13-9-10-14-30(29)23-31/h9-27,45,48H,1-8H3. The third-order valence-corrected chi connectivity index (χ3v) is 9.35. The van der Waals surface area contributed by atoms with E-state index in [1.54, 1.807) is 0 Å². The number of phenols is 1. The summed E-state index contributed by atoms with van der Waals surface area (Å²) in [5, 5.41) is 23.3. The molecule has 2 N–H and O–H groups in total. The fourth-order valence-electron chi connectivity index (χ4n) is 6.40. The van der Waals surface area contributed by atoms with Gasteiger partial charge < -0.3 is 10.0 Å². The molecule has 0 aliphatic carbocycles. The molecule has 1 aromatic heterocycles. The second-order valence-corrected chi connectivity index (χ2v) is 14.8. The Labute approximate surface area is 285 Å². The first-order valence-corrected chi connectivity index (χ1v) is 16.6. The van der Waals surface area contributed by atoms with Crippen LogP contribution in [0, 0.1) is 12.3 Å². The van der Waals surface area contributed by atoms with E-state index in [1.165, 1.54) is 10.8 Å². The van der Waals surface area contributed by atoms with Crippen LogP contribution in [0.2, 0.25) is 0 Å². The lowest BCUT2D eigenvalue weighted by molar-refractivity contribution is 0.443. The minimum absolute atomic E-state index is 0.133. The Kier molecular flexibility index (Phi) is 8.47. The largest absolute Gasteiger partial charge is 0.507 e. The quantitative estimate of drug-likeness (QED) is 0.147. The SMILES string of the molecule is Cc1c(-c2cccc(-c3cc(-c4ccc5ccccc5c4)ccn3)c2)cccc1N(C)C(=N)c1cc(C(C)(C)C)cc(C(C)(C)C)c1O. The Hall–Kier alpha value is -5.22. The van der Waals surface area contributed by atoms with Crippen molar-refractivity contribution in [3.8, 4) is 39.3 Å². The number of rotatable bonds is 5. The second-order valence-electron chi connectivity index (χ2n) is 14.8. The molecule has 4 nitrogen and oxygen atoms in total. The van der Waals surface area contributed by atoms with Crippen LogP contribution in [-0.2, 0) is 10.8 Å². The molecule has 5 aromatic carbocycles. The molecular formula is C44H45N3O. The summed E-state index contributed by atoms with van der Waals surface area (Å²) < 4.78 is 0. The third kappa shape index (κ3) is 6.35. The zero-order valence-electron chi connectivity index (χ0n) is 29.3. The maximum absolute atomic E-state index is 11.5. The molecule has 4 heteroatoms. The highest BCUT2D eigenvalue weighted by Gasteiger charge is 2.28. The smallest absolute Gasteiger partial charge is 0.136 e. The predicted octanol–water partition coefficient (Wildman–Crippen LogP) is 11.3. The number of pyridine rings is 1. The number of amidine groups is 1. The van der Waals surface area contributed by atoms with Gasteiger partial charge in [0.2, 0.25) is 0 Å². The van der Waals surface area contributed by atoms with Crippen molar-refractivity contribution in [1.29, 1.82) is 5.41 Å². The van der Waals surface area contributed by atoms with Crippen LogP contribution in [0.3, 0.4) is 0 Å². The van der Waals surface area contributed by atoms with Gasteiger partial charge in [0, 0.05) is 30.1 Å². The van der Waals surface area contributed by atoms with E-state index in [4.69, 9.17) is 4.98 Å². The number of nitrogens with zero attached hydrogens (tertiary/aromatic N) is 2. The number of nitrogens with one attached hydrogen (secondary N) is 1.